The zero-order valence-corrected chi connectivity index (χ0v) is 19.7. The molecular weight excluding hydrogens is 396 g/mol. The maximum Gasteiger partial charge on any atom is 0.231 e. The lowest BCUT2D eigenvalue weighted by molar-refractivity contribution is 0.0354. The van der Waals surface area contributed by atoms with Gasteiger partial charge in [0.25, 0.3) is 0 Å². The van der Waals surface area contributed by atoms with Crippen molar-refractivity contribution in [3.05, 3.63) is 70.8 Å². The van der Waals surface area contributed by atoms with E-state index >= 15 is 0 Å². The molecule has 2 aliphatic rings. The summed E-state index contributed by atoms with van der Waals surface area (Å²) in [4.78, 5) is 5.25. The van der Waals surface area contributed by atoms with Gasteiger partial charge in [0.2, 0.25) is 6.79 Å². The van der Waals surface area contributed by atoms with Crippen molar-refractivity contribution < 1.29 is 9.47 Å². The number of hydrogen-bond donors (Lipinski definition) is 0. The molecule has 3 aromatic rings. The second kappa shape index (κ2) is 8.76. The van der Waals surface area contributed by atoms with E-state index in [1.54, 1.807) is 0 Å². The maximum atomic E-state index is 5.62. The molecule has 0 fully saturated rings. The highest BCUT2D eigenvalue weighted by atomic mass is 16.7. The standard InChI is InChI=1S/C28H34N2O2/c1-5-27(29(4)20(3)28-19(2)10-11-21-8-6-7-9-24(21)28)30-14-12-22-16-25-26(32-18-31-25)17-23(22)13-15-30/h6-11,16-17,20,27H,5,12-15,18H2,1-4H3. The zero-order chi connectivity index (χ0) is 22.2. The SMILES string of the molecule is CCC(N1CCc2cc3c(cc2CC1)OCO3)N(C)C(C)c1c(C)ccc2ccccc12. The molecule has 3 aromatic carbocycles. The van der Waals surface area contributed by atoms with Gasteiger partial charge in [-0.05, 0) is 85.3 Å². The molecule has 2 heterocycles. The van der Waals surface area contributed by atoms with Crippen LogP contribution in [0.1, 0.15) is 48.6 Å². The smallest absolute Gasteiger partial charge is 0.231 e. The normalized spacial score (nSPS) is 17.9. The molecule has 0 aliphatic carbocycles. The van der Waals surface area contributed by atoms with Gasteiger partial charge in [0.1, 0.15) is 0 Å². The van der Waals surface area contributed by atoms with Crippen LogP contribution in [0.25, 0.3) is 10.8 Å². The van der Waals surface area contributed by atoms with E-state index in [0.717, 1.165) is 43.9 Å². The van der Waals surface area contributed by atoms with Crippen molar-refractivity contribution in [2.45, 2.75) is 52.2 Å². The molecule has 32 heavy (non-hydrogen) atoms. The molecule has 0 radical (unpaired) electrons. The minimum atomic E-state index is 0.335. The molecule has 0 N–H and O–H groups in total. The van der Waals surface area contributed by atoms with Crippen LogP contribution in [-0.2, 0) is 12.8 Å². The topological polar surface area (TPSA) is 24.9 Å². The lowest BCUT2D eigenvalue weighted by Gasteiger charge is -2.40. The molecule has 0 bridgehead atoms. The summed E-state index contributed by atoms with van der Waals surface area (Å²) in [5.74, 6) is 1.81. The Morgan fingerprint density at radius 3 is 2.28 bits per heavy atom. The van der Waals surface area contributed by atoms with E-state index in [1.807, 2.05) is 0 Å². The van der Waals surface area contributed by atoms with Crippen molar-refractivity contribution in [2.75, 3.05) is 26.9 Å². The molecule has 2 unspecified atom stereocenters. The molecule has 0 amide bonds. The summed E-state index contributed by atoms with van der Waals surface area (Å²) in [5, 5.41) is 2.70. The molecule has 0 saturated carbocycles. The Labute approximate surface area is 191 Å². The Morgan fingerprint density at radius 1 is 0.969 bits per heavy atom. The summed E-state index contributed by atoms with van der Waals surface area (Å²) in [6.45, 7) is 9.41. The zero-order valence-electron chi connectivity index (χ0n) is 19.7. The molecule has 0 saturated heterocycles. The lowest BCUT2D eigenvalue weighted by Crippen LogP contribution is -2.48. The number of fused-ring (bicyclic) bond motifs is 3. The molecule has 2 atom stereocenters. The number of ether oxygens (including phenoxy) is 2. The van der Waals surface area contributed by atoms with Gasteiger partial charge in [-0.2, -0.15) is 0 Å². The predicted molar refractivity (Wildman–Crippen MR) is 130 cm³/mol. The van der Waals surface area contributed by atoms with Crippen LogP contribution in [0.2, 0.25) is 0 Å². The van der Waals surface area contributed by atoms with Crippen LogP contribution < -0.4 is 9.47 Å². The van der Waals surface area contributed by atoms with Crippen molar-refractivity contribution in [3.8, 4) is 11.5 Å². The third-order valence-corrected chi connectivity index (χ3v) is 7.51. The lowest BCUT2D eigenvalue weighted by atomic mass is 9.94. The Morgan fingerprint density at radius 2 is 1.62 bits per heavy atom. The molecule has 0 aromatic heterocycles. The largest absolute Gasteiger partial charge is 0.454 e. The van der Waals surface area contributed by atoms with E-state index in [4.69, 9.17) is 9.47 Å². The van der Waals surface area contributed by atoms with Gasteiger partial charge in [-0.1, -0.05) is 43.3 Å². The van der Waals surface area contributed by atoms with Gasteiger partial charge < -0.3 is 9.47 Å². The highest BCUT2D eigenvalue weighted by molar-refractivity contribution is 5.87. The van der Waals surface area contributed by atoms with E-state index < -0.39 is 0 Å². The van der Waals surface area contributed by atoms with Crippen molar-refractivity contribution >= 4 is 10.8 Å². The summed E-state index contributed by atoms with van der Waals surface area (Å²) in [6, 6.07) is 18.0. The quantitative estimate of drug-likeness (QED) is 0.518. The number of nitrogens with zero attached hydrogens (tertiary/aromatic N) is 2. The summed E-state index contributed by atoms with van der Waals surface area (Å²) in [7, 11) is 2.30. The van der Waals surface area contributed by atoms with E-state index in [2.05, 4.69) is 86.1 Å². The van der Waals surface area contributed by atoms with Crippen LogP contribution in [-0.4, -0.2) is 42.9 Å². The van der Waals surface area contributed by atoms with E-state index in [9.17, 15) is 0 Å². The van der Waals surface area contributed by atoms with Crippen LogP contribution in [0, 0.1) is 6.92 Å². The Kier molecular flexibility index (Phi) is 5.83. The number of benzene rings is 3. The highest BCUT2D eigenvalue weighted by Gasteiger charge is 2.29. The van der Waals surface area contributed by atoms with Gasteiger partial charge in [0.15, 0.2) is 11.5 Å². The van der Waals surface area contributed by atoms with Crippen molar-refractivity contribution in [1.29, 1.82) is 0 Å². The van der Waals surface area contributed by atoms with Gasteiger partial charge in [0, 0.05) is 19.1 Å². The fourth-order valence-corrected chi connectivity index (χ4v) is 5.65. The summed E-state index contributed by atoms with van der Waals surface area (Å²) in [5.41, 5.74) is 5.64. The van der Waals surface area contributed by atoms with E-state index in [-0.39, 0.29) is 0 Å². The third-order valence-electron chi connectivity index (χ3n) is 7.51. The third kappa shape index (κ3) is 3.76. The van der Waals surface area contributed by atoms with E-state index in [0.29, 0.717) is 19.0 Å². The van der Waals surface area contributed by atoms with Gasteiger partial charge in [-0.15, -0.1) is 0 Å². The summed E-state index contributed by atoms with van der Waals surface area (Å²) >= 11 is 0. The van der Waals surface area contributed by atoms with Crippen LogP contribution in [0.15, 0.2) is 48.5 Å². The van der Waals surface area contributed by atoms with Crippen LogP contribution in [0.5, 0.6) is 11.5 Å². The molecular formula is C28H34N2O2. The fraction of sp³-hybridized carbons (Fsp3) is 0.429. The molecule has 5 rings (SSSR count). The molecule has 0 spiro atoms. The Balaban J connectivity index is 1.39. The first-order valence-electron chi connectivity index (χ1n) is 11.9. The van der Waals surface area contributed by atoms with Crippen molar-refractivity contribution in [2.24, 2.45) is 0 Å². The number of aryl methyl sites for hydroxylation is 1. The average molecular weight is 431 g/mol. The van der Waals surface area contributed by atoms with Crippen LogP contribution in [0.4, 0.5) is 0 Å². The molecule has 2 aliphatic heterocycles. The highest BCUT2D eigenvalue weighted by Crippen LogP contribution is 2.37. The number of hydrogen-bond acceptors (Lipinski definition) is 4. The second-order valence-corrected chi connectivity index (χ2v) is 9.26. The fourth-order valence-electron chi connectivity index (χ4n) is 5.65. The average Bonchev–Trinajstić information content (AvgIpc) is 3.17. The van der Waals surface area contributed by atoms with Gasteiger partial charge in [-0.3, -0.25) is 9.80 Å². The monoisotopic (exact) mass is 430 g/mol. The second-order valence-electron chi connectivity index (χ2n) is 9.26. The molecule has 168 valence electrons. The van der Waals surface area contributed by atoms with Gasteiger partial charge in [-0.25, -0.2) is 0 Å². The summed E-state index contributed by atoms with van der Waals surface area (Å²) < 4.78 is 11.2. The Bertz CT molecular complexity index is 1090. The number of rotatable bonds is 5. The first kappa shape index (κ1) is 21.3. The summed E-state index contributed by atoms with van der Waals surface area (Å²) in [6.07, 6.45) is 3.61. The minimum Gasteiger partial charge on any atom is -0.454 e. The molecule has 4 nitrogen and oxygen atoms in total. The van der Waals surface area contributed by atoms with Gasteiger partial charge >= 0.3 is 0 Å². The first-order chi connectivity index (χ1) is 15.6. The maximum absolute atomic E-state index is 5.62. The molecule has 4 heteroatoms. The van der Waals surface area contributed by atoms with E-state index in [1.165, 1.54) is 33.0 Å². The van der Waals surface area contributed by atoms with Gasteiger partial charge in [0.05, 0.1) is 6.17 Å². The van der Waals surface area contributed by atoms with Crippen LogP contribution >= 0.6 is 0 Å². The first-order valence-corrected chi connectivity index (χ1v) is 11.9. The Hall–Kier alpha value is -2.56. The predicted octanol–water partition coefficient (Wildman–Crippen LogP) is 5.71. The van der Waals surface area contributed by atoms with Crippen molar-refractivity contribution in [3.63, 3.8) is 0 Å². The van der Waals surface area contributed by atoms with Crippen LogP contribution in [0.3, 0.4) is 0 Å². The van der Waals surface area contributed by atoms with Crippen molar-refractivity contribution in [1.82, 2.24) is 9.80 Å². The minimum absolute atomic E-state index is 0.335.